The van der Waals surface area contributed by atoms with E-state index in [-0.39, 0.29) is 11.8 Å². The molecular weight excluding hydrogens is 474 g/mol. The number of hydrogen-bond donors (Lipinski definition) is 1. The third kappa shape index (κ3) is 5.76. The number of amides is 2. The summed E-state index contributed by atoms with van der Waals surface area (Å²) in [6.45, 7) is 2.95. The van der Waals surface area contributed by atoms with Crippen molar-refractivity contribution in [3.05, 3.63) is 102 Å². The van der Waals surface area contributed by atoms with E-state index in [1.54, 1.807) is 7.11 Å². The van der Waals surface area contributed by atoms with Gasteiger partial charge >= 0.3 is 0 Å². The molecule has 38 heavy (non-hydrogen) atoms. The van der Waals surface area contributed by atoms with E-state index < -0.39 is 11.6 Å². The number of nitrogens with zero attached hydrogens (tertiary/aromatic N) is 2. The van der Waals surface area contributed by atoms with Crippen LogP contribution in [0.3, 0.4) is 0 Å². The Kier molecular flexibility index (Phi) is 8.08. The summed E-state index contributed by atoms with van der Waals surface area (Å²) in [6.07, 6.45) is 3.52. The van der Waals surface area contributed by atoms with Gasteiger partial charge in [0.05, 0.1) is 7.11 Å². The van der Waals surface area contributed by atoms with Gasteiger partial charge in [-0.25, -0.2) is 0 Å². The summed E-state index contributed by atoms with van der Waals surface area (Å²) in [5, 5.41) is 3.13. The Morgan fingerprint density at radius 1 is 0.842 bits per heavy atom. The fraction of sp³-hybridized carbons (Fsp3) is 0.375. The highest BCUT2D eigenvalue weighted by atomic mass is 16.5. The van der Waals surface area contributed by atoms with Crippen LogP contribution in [0.4, 0.5) is 0 Å². The fourth-order valence-electron chi connectivity index (χ4n) is 5.84. The molecule has 0 saturated carbocycles. The molecule has 6 heteroatoms. The minimum absolute atomic E-state index is 0.00170. The largest absolute Gasteiger partial charge is 0.497 e. The quantitative estimate of drug-likeness (QED) is 0.467. The van der Waals surface area contributed by atoms with Crippen molar-refractivity contribution in [2.24, 2.45) is 0 Å². The van der Waals surface area contributed by atoms with Gasteiger partial charge in [-0.05, 0) is 54.5 Å². The van der Waals surface area contributed by atoms with E-state index in [2.05, 4.69) is 34.5 Å². The van der Waals surface area contributed by atoms with E-state index in [1.807, 2.05) is 65.6 Å². The fourth-order valence-corrected chi connectivity index (χ4v) is 5.84. The van der Waals surface area contributed by atoms with Gasteiger partial charge in [0.15, 0.2) is 0 Å². The van der Waals surface area contributed by atoms with E-state index in [0.29, 0.717) is 25.8 Å². The van der Waals surface area contributed by atoms with Crippen molar-refractivity contribution in [1.29, 1.82) is 0 Å². The van der Waals surface area contributed by atoms with Crippen molar-refractivity contribution in [1.82, 2.24) is 15.1 Å². The molecule has 1 spiro atoms. The van der Waals surface area contributed by atoms with E-state index in [4.69, 9.17) is 4.74 Å². The SMILES string of the molecule is COc1ccc(CN2CCC3(CC2)C(=O)NC(Cc2ccccc2)C(=O)N3CCCc2ccccc2)cc1. The second-order valence-electron chi connectivity index (χ2n) is 10.5. The van der Waals surface area contributed by atoms with E-state index in [9.17, 15) is 9.59 Å². The van der Waals surface area contributed by atoms with Gasteiger partial charge in [0, 0.05) is 32.6 Å². The molecule has 2 amide bonds. The molecule has 2 heterocycles. The lowest BCUT2D eigenvalue weighted by Crippen LogP contribution is -2.73. The number of nitrogens with one attached hydrogen (secondary N) is 1. The van der Waals surface area contributed by atoms with E-state index in [0.717, 1.165) is 43.8 Å². The number of piperazine rings is 1. The number of piperidine rings is 1. The highest BCUT2D eigenvalue weighted by Crippen LogP contribution is 2.34. The van der Waals surface area contributed by atoms with Crippen molar-refractivity contribution >= 4 is 11.8 Å². The number of methoxy groups -OCH3 is 1. The number of aryl methyl sites for hydroxylation is 1. The van der Waals surface area contributed by atoms with Crippen molar-refractivity contribution in [3.63, 3.8) is 0 Å². The zero-order valence-electron chi connectivity index (χ0n) is 22.1. The van der Waals surface area contributed by atoms with E-state index in [1.165, 1.54) is 11.1 Å². The van der Waals surface area contributed by atoms with Crippen molar-refractivity contribution < 1.29 is 14.3 Å². The number of ether oxygens (including phenoxy) is 1. The zero-order chi connectivity index (χ0) is 26.4. The highest BCUT2D eigenvalue weighted by molar-refractivity contribution is 6.00. The lowest BCUT2D eigenvalue weighted by Gasteiger charge is -2.51. The molecule has 3 aromatic carbocycles. The van der Waals surface area contributed by atoms with Crippen LogP contribution in [0.25, 0.3) is 0 Å². The number of benzene rings is 3. The summed E-state index contributed by atoms with van der Waals surface area (Å²) in [4.78, 5) is 32.0. The first-order valence-electron chi connectivity index (χ1n) is 13.6. The molecule has 2 fully saturated rings. The zero-order valence-corrected chi connectivity index (χ0v) is 22.1. The summed E-state index contributed by atoms with van der Waals surface area (Å²) in [6, 6.07) is 27.9. The van der Waals surface area contributed by atoms with Crippen LogP contribution in [0.15, 0.2) is 84.9 Å². The molecule has 198 valence electrons. The van der Waals surface area contributed by atoms with Gasteiger partial charge in [-0.15, -0.1) is 0 Å². The average Bonchev–Trinajstić information content (AvgIpc) is 2.96. The normalized spacial score (nSPS) is 19.4. The Morgan fingerprint density at radius 2 is 1.47 bits per heavy atom. The van der Waals surface area contributed by atoms with Crippen LogP contribution in [0.1, 0.15) is 36.0 Å². The first kappa shape index (κ1) is 26.0. The number of likely N-dealkylation sites (tertiary alicyclic amines) is 1. The number of hydrogen-bond acceptors (Lipinski definition) is 4. The third-order valence-corrected chi connectivity index (χ3v) is 8.03. The molecule has 5 rings (SSSR count). The van der Waals surface area contributed by atoms with Crippen LogP contribution in [0.5, 0.6) is 5.75 Å². The van der Waals surface area contributed by atoms with Gasteiger partial charge in [-0.3, -0.25) is 14.5 Å². The summed E-state index contributed by atoms with van der Waals surface area (Å²) in [7, 11) is 1.67. The van der Waals surface area contributed by atoms with Crippen LogP contribution < -0.4 is 10.1 Å². The molecule has 2 saturated heterocycles. The first-order valence-corrected chi connectivity index (χ1v) is 13.6. The lowest BCUT2D eigenvalue weighted by molar-refractivity contribution is -0.161. The smallest absolute Gasteiger partial charge is 0.246 e. The summed E-state index contributed by atoms with van der Waals surface area (Å²) in [5.74, 6) is 0.895. The Hall–Kier alpha value is -3.64. The maximum atomic E-state index is 13.9. The minimum atomic E-state index is -0.780. The van der Waals surface area contributed by atoms with Gasteiger partial charge in [-0.1, -0.05) is 72.8 Å². The maximum Gasteiger partial charge on any atom is 0.246 e. The highest BCUT2D eigenvalue weighted by Gasteiger charge is 2.53. The van der Waals surface area contributed by atoms with Crippen molar-refractivity contribution in [3.8, 4) is 5.75 Å². The van der Waals surface area contributed by atoms with Crippen molar-refractivity contribution in [2.45, 2.75) is 50.2 Å². The molecule has 0 radical (unpaired) electrons. The lowest BCUT2D eigenvalue weighted by atomic mass is 9.80. The molecule has 0 bridgehead atoms. The molecule has 1 atom stereocenters. The minimum Gasteiger partial charge on any atom is -0.497 e. The Morgan fingerprint density at radius 3 is 2.11 bits per heavy atom. The molecule has 1 N–H and O–H groups in total. The Labute approximate surface area is 225 Å². The first-order chi connectivity index (χ1) is 18.6. The molecular formula is C32H37N3O3. The third-order valence-electron chi connectivity index (χ3n) is 8.03. The molecule has 3 aromatic rings. The monoisotopic (exact) mass is 511 g/mol. The van der Waals surface area contributed by atoms with Crippen LogP contribution in [0, 0.1) is 0 Å². The summed E-state index contributed by atoms with van der Waals surface area (Å²) < 4.78 is 5.28. The van der Waals surface area contributed by atoms with Gasteiger partial charge in [0.2, 0.25) is 11.8 Å². The van der Waals surface area contributed by atoms with Gasteiger partial charge < -0.3 is 15.0 Å². The van der Waals surface area contributed by atoms with Gasteiger partial charge in [-0.2, -0.15) is 0 Å². The number of rotatable bonds is 9. The molecule has 6 nitrogen and oxygen atoms in total. The summed E-state index contributed by atoms with van der Waals surface area (Å²) >= 11 is 0. The second-order valence-corrected chi connectivity index (χ2v) is 10.5. The van der Waals surface area contributed by atoms with Gasteiger partial charge in [0.1, 0.15) is 17.3 Å². The standard InChI is InChI=1S/C32H37N3O3/c1-38-28-16-14-27(15-17-28)24-34-21-18-32(19-22-34)31(37)33-29(23-26-11-6-3-7-12-26)30(36)35(32)20-8-13-25-9-4-2-5-10-25/h2-7,9-12,14-17,29H,8,13,18-24H2,1H3,(H,33,37). The maximum absolute atomic E-state index is 13.9. The van der Waals surface area contributed by atoms with Crippen LogP contribution in [-0.4, -0.2) is 59.9 Å². The molecule has 1 unspecified atom stereocenters. The Balaban J connectivity index is 1.30. The Bertz CT molecular complexity index is 1210. The number of carbonyl (C=O) groups excluding carboxylic acids is 2. The van der Waals surface area contributed by atoms with Crippen LogP contribution in [0.2, 0.25) is 0 Å². The predicted molar refractivity (Wildman–Crippen MR) is 149 cm³/mol. The molecule has 0 aromatic heterocycles. The van der Waals surface area contributed by atoms with Crippen LogP contribution in [-0.2, 0) is 29.0 Å². The predicted octanol–water partition coefficient (Wildman–Crippen LogP) is 4.23. The van der Waals surface area contributed by atoms with Crippen LogP contribution >= 0.6 is 0 Å². The second kappa shape index (κ2) is 11.8. The molecule has 0 aliphatic carbocycles. The summed E-state index contributed by atoms with van der Waals surface area (Å²) in [5.41, 5.74) is 2.75. The number of carbonyl (C=O) groups is 2. The average molecular weight is 512 g/mol. The molecule has 2 aliphatic heterocycles. The van der Waals surface area contributed by atoms with E-state index >= 15 is 0 Å². The molecule has 2 aliphatic rings. The van der Waals surface area contributed by atoms with Gasteiger partial charge in [0.25, 0.3) is 0 Å². The van der Waals surface area contributed by atoms with Crippen molar-refractivity contribution in [2.75, 3.05) is 26.7 Å². The topological polar surface area (TPSA) is 61.9 Å².